The number of rotatable bonds is 4. The van der Waals surface area contributed by atoms with Gasteiger partial charge < -0.3 is 10.6 Å². The minimum absolute atomic E-state index is 0.109. The Labute approximate surface area is 152 Å². The maximum absolute atomic E-state index is 13.1. The van der Waals surface area contributed by atoms with Gasteiger partial charge in [-0.15, -0.1) is 0 Å². The zero-order valence-corrected chi connectivity index (χ0v) is 14.9. The maximum Gasteiger partial charge on any atom is 0.257 e. The van der Waals surface area contributed by atoms with Gasteiger partial charge in [0.2, 0.25) is 0 Å². The third-order valence-electron chi connectivity index (χ3n) is 4.62. The number of hydrogen-bond acceptors (Lipinski definition) is 2. The molecule has 0 spiro atoms. The Morgan fingerprint density at radius 2 is 2.16 bits per heavy atom. The van der Waals surface area contributed by atoms with Crippen molar-refractivity contribution in [3.05, 3.63) is 64.4 Å². The van der Waals surface area contributed by atoms with Crippen LogP contribution >= 0.6 is 11.6 Å². The Hall–Kier alpha value is -1.91. The zero-order chi connectivity index (χ0) is 17.8. The molecule has 1 saturated heterocycles. The van der Waals surface area contributed by atoms with E-state index >= 15 is 0 Å². The van der Waals surface area contributed by atoms with Crippen molar-refractivity contribution in [1.82, 2.24) is 5.32 Å². The molecule has 0 radical (unpaired) electrons. The van der Waals surface area contributed by atoms with Crippen molar-refractivity contribution in [2.75, 3.05) is 11.9 Å². The molecule has 0 bridgehead atoms. The van der Waals surface area contributed by atoms with Crippen LogP contribution in [-0.4, -0.2) is 18.5 Å². The van der Waals surface area contributed by atoms with Crippen LogP contribution in [0.15, 0.2) is 42.5 Å². The lowest BCUT2D eigenvalue weighted by Crippen LogP contribution is -2.36. The van der Waals surface area contributed by atoms with Crippen molar-refractivity contribution in [3.63, 3.8) is 0 Å². The minimum Gasteiger partial charge on any atom is -0.322 e. The lowest BCUT2D eigenvalue weighted by Gasteiger charge is -2.28. The van der Waals surface area contributed by atoms with Crippen LogP contribution in [-0.2, 0) is 6.42 Å². The number of halogens is 2. The first kappa shape index (κ1) is 17.9. The SMILES string of the molecule is C[C@H]1C[C@@H](Cc2cccc(NC(=O)c3ccc(F)cc3Cl)c2)CCN1. The monoisotopic (exact) mass is 360 g/mol. The predicted octanol–water partition coefficient (Wildman–Crippen LogP) is 4.66. The molecule has 3 nitrogen and oxygen atoms in total. The first-order valence-corrected chi connectivity index (χ1v) is 8.98. The second-order valence-electron chi connectivity index (χ2n) is 6.73. The van der Waals surface area contributed by atoms with Crippen LogP contribution < -0.4 is 10.6 Å². The molecule has 1 amide bonds. The number of carbonyl (C=O) groups is 1. The summed E-state index contributed by atoms with van der Waals surface area (Å²) in [5.74, 6) is -0.133. The van der Waals surface area contributed by atoms with Crippen molar-refractivity contribution in [3.8, 4) is 0 Å². The quantitative estimate of drug-likeness (QED) is 0.832. The van der Waals surface area contributed by atoms with E-state index in [0.29, 0.717) is 12.0 Å². The lowest BCUT2D eigenvalue weighted by molar-refractivity contribution is 0.102. The maximum atomic E-state index is 13.1. The summed E-state index contributed by atoms with van der Waals surface area (Å²) in [5.41, 5.74) is 2.20. The number of anilines is 1. The first-order valence-electron chi connectivity index (χ1n) is 8.60. The fourth-order valence-corrected chi connectivity index (χ4v) is 3.65. The van der Waals surface area contributed by atoms with E-state index in [-0.39, 0.29) is 16.5 Å². The molecule has 1 aliphatic heterocycles. The van der Waals surface area contributed by atoms with E-state index in [2.05, 4.69) is 23.6 Å². The van der Waals surface area contributed by atoms with E-state index in [4.69, 9.17) is 11.6 Å². The topological polar surface area (TPSA) is 41.1 Å². The Morgan fingerprint density at radius 3 is 2.92 bits per heavy atom. The fourth-order valence-electron chi connectivity index (χ4n) is 3.40. The third-order valence-corrected chi connectivity index (χ3v) is 4.93. The van der Waals surface area contributed by atoms with Gasteiger partial charge in [-0.2, -0.15) is 0 Å². The molecule has 0 aliphatic carbocycles. The second-order valence-corrected chi connectivity index (χ2v) is 7.14. The van der Waals surface area contributed by atoms with Crippen molar-refractivity contribution < 1.29 is 9.18 Å². The van der Waals surface area contributed by atoms with Gasteiger partial charge in [-0.25, -0.2) is 4.39 Å². The van der Waals surface area contributed by atoms with Gasteiger partial charge in [-0.05, 0) is 74.5 Å². The molecule has 132 valence electrons. The first-order chi connectivity index (χ1) is 12.0. The summed E-state index contributed by atoms with van der Waals surface area (Å²) in [6.45, 7) is 3.28. The van der Waals surface area contributed by atoms with Gasteiger partial charge in [0.15, 0.2) is 0 Å². The average Bonchev–Trinajstić information content (AvgIpc) is 2.55. The molecule has 0 unspecified atom stereocenters. The highest BCUT2D eigenvalue weighted by atomic mass is 35.5. The fraction of sp³-hybridized carbons (Fsp3) is 0.350. The summed E-state index contributed by atoms with van der Waals surface area (Å²) < 4.78 is 13.1. The lowest BCUT2D eigenvalue weighted by atomic mass is 9.87. The highest BCUT2D eigenvalue weighted by Crippen LogP contribution is 2.23. The van der Waals surface area contributed by atoms with E-state index in [9.17, 15) is 9.18 Å². The Morgan fingerprint density at radius 1 is 1.32 bits per heavy atom. The van der Waals surface area contributed by atoms with Crippen molar-refractivity contribution >= 4 is 23.2 Å². The number of piperidine rings is 1. The highest BCUT2D eigenvalue weighted by molar-refractivity contribution is 6.34. The molecular formula is C20H22ClFN2O. The molecule has 2 N–H and O–H groups in total. The molecule has 2 aromatic rings. The second kappa shape index (κ2) is 7.98. The van der Waals surface area contributed by atoms with Crippen LogP contribution in [0.4, 0.5) is 10.1 Å². The zero-order valence-electron chi connectivity index (χ0n) is 14.2. The van der Waals surface area contributed by atoms with Crippen molar-refractivity contribution in [1.29, 1.82) is 0 Å². The van der Waals surface area contributed by atoms with Crippen LogP contribution in [0.25, 0.3) is 0 Å². The molecule has 0 aromatic heterocycles. The molecule has 3 rings (SSSR count). The predicted molar refractivity (Wildman–Crippen MR) is 99.7 cm³/mol. The van der Waals surface area contributed by atoms with Crippen molar-refractivity contribution in [2.24, 2.45) is 5.92 Å². The molecule has 5 heteroatoms. The number of carbonyl (C=O) groups excluding carboxylic acids is 1. The van der Waals surface area contributed by atoms with Gasteiger partial charge >= 0.3 is 0 Å². The summed E-state index contributed by atoms with van der Waals surface area (Å²) in [6, 6.07) is 12.2. The molecule has 0 saturated carbocycles. The van der Waals surface area contributed by atoms with Gasteiger partial charge in [-0.3, -0.25) is 4.79 Å². The molecular weight excluding hydrogens is 339 g/mol. The third kappa shape index (κ3) is 4.80. The van der Waals surface area contributed by atoms with E-state index in [1.165, 1.54) is 30.5 Å². The normalized spacial score (nSPS) is 20.3. The molecule has 2 atom stereocenters. The van der Waals surface area contributed by atoms with E-state index in [1.807, 2.05) is 18.2 Å². The summed E-state index contributed by atoms with van der Waals surface area (Å²) in [5, 5.41) is 6.42. The number of hydrogen-bond donors (Lipinski definition) is 2. The van der Waals surface area contributed by atoms with Crippen molar-refractivity contribution in [2.45, 2.75) is 32.2 Å². The summed E-state index contributed by atoms with van der Waals surface area (Å²) in [4.78, 5) is 12.4. The molecule has 25 heavy (non-hydrogen) atoms. The number of nitrogens with one attached hydrogen (secondary N) is 2. The summed E-state index contributed by atoms with van der Waals surface area (Å²) in [7, 11) is 0. The van der Waals surface area contributed by atoms with Gasteiger partial charge in [-0.1, -0.05) is 23.7 Å². The van der Waals surface area contributed by atoms with Crippen LogP contribution in [0.1, 0.15) is 35.7 Å². The van der Waals surface area contributed by atoms with E-state index in [1.54, 1.807) is 0 Å². The largest absolute Gasteiger partial charge is 0.322 e. The molecule has 1 aliphatic rings. The standard InChI is InChI=1S/C20H22ClFN2O/c1-13-9-15(7-8-23-13)10-14-3-2-4-17(11-14)24-20(25)18-6-5-16(22)12-19(18)21/h2-6,11-13,15,23H,7-10H2,1H3,(H,24,25)/t13-,15-/m0/s1. The molecule has 2 aromatic carbocycles. The van der Waals surface area contributed by atoms with E-state index in [0.717, 1.165) is 24.7 Å². The van der Waals surface area contributed by atoms with Crippen LogP contribution in [0.3, 0.4) is 0 Å². The molecule has 1 heterocycles. The minimum atomic E-state index is -0.459. The highest BCUT2D eigenvalue weighted by Gasteiger charge is 2.18. The van der Waals surface area contributed by atoms with E-state index < -0.39 is 5.82 Å². The number of amides is 1. The Kier molecular flexibility index (Phi) is 5.71. The Balaban J connectivity index is 1.67. The van der Waals surface area contributed by atoms with Gasteiger partial charge in [0.1, 0.15) is 5.82 Å². The van der Waals surface area contributed by atoms with Crippen LogP contribution in [0, 0.1) is 11.7 Å². The summed E-state index contributed by atoms with van der Waals surface area (Å²) in [6.07, 6.45) is 3.35. The van der Waals surface area contributed by atoms with Gasteiger partial charge in [0.25, 0.3) is 5.91 Å². The summed E-state index contributed by atoms with van der Waals surface area (Å²) >= 11 is 5.96. The van der Waals surface area contributed by atoms with Crippen LogP contribution in [0.2, 0.25) is 5.02 Å². The Bertz CT molecular complexity index is 765. The smallest absolute Gasteiger partial charge is 0.257 e. The van der Waals surface area contributed by atoms with Crippen LogP contribution in [0.5, 0.6) is 0 Å². The number of benzene rings is 2. The molecule has 1 fully saturated rings. The van der Waals surface area contributed by atoms with Gasteiger partial charge in [0, 0.05) is 11.7 Å². The van der Waals surface area contributed by atoms with Gasteiger partial charge in [0.05, 0.1) is 10.6 Å². The average molecular weight is 361 g/mol.